The smallest absolute Gasteiger partial charge is 0.159 e. The van der Waals surface area contributed by atoms with E-state index in [9.17, 15) is 4.79 Å². The second kappa shape index (κ2) is 6.47. The molecule has 0 unspecified atom stereocenters. The Balaban J connectivity index is 2.19. The molecule has 0 aliphatic rings. The van der Waals surface area contributed by atoms with Gasteiger partial charge in [-0.05, 0) is 42.7 Å². The van der Waals surface area contributed by atoms with Crippen molar-refractivity contribution in [1.82, 2.24) is 0 Å². The summed E-state index contributed by atoms with van der Waals surface area (Å²) in [6.07, 6.45) is 0. The molecular formula is C17H17ClOS. The minimum absolute atomic E-state index is 0.0322. The topological polar surface area (TPSA) is 17.1 Å². The van der Waals surface area contributed by atoms with Crippen LogP contribution in [0.1, 0.15) is 42.6 Å². The molecule has 0 spiro atoms. The van der Waals surface area contributed by atoms with E-state index in [0.717, 1.165) is 9.79 Å². The molecule has 20 heavy (non-hydrogen) atoms. The van der Waals surface area contributed by atoms with E-state index in [1.807, 2.05) is 12.1 Å². The minimum Gasteiger partial charge on any atom is -0.295 e. The van der Waals surface area contributed by atoms with Crippen molar-refractivity contribution in [3.63, 3.8) is 0 Å². The van der Waals surface area contributed by atoms with E-state index in [1.165, 1.54) is 5.56 Å². The molecule has 104 valence electrons. The van der Waals surface area contributed by atoms with Gasteiger partial charge in [-0.25, -0.2) is 0 Å². The van der Waals surface area contributed by atoms with E-state index >= 15 is 0 Å². The fraction of sp³-hybridized carbons (Fsp3) is 0.235. The van der Waals surface area contributed by atoms with Gasteiger partial charge in [0.05, 0.1) is 5.02 Å². The van der Waals surface area contributed by atoms with Crippen molar-refractivity contribution in [2.75, 3.05) is 0 Å². The highest BCUT2D eigenvalue weighted by atomic mass is 35.5. The molecule has 0 aromatic heterocycles. The van der Waals surface area contributed by atoms with Crippen LogP contribution in [0.5, 0.6) is 0 Å². The van der Waals surface area contributed by atoms with Crippen LogP contribution in [0, 0.1) is 0 Å². The van der Waals surface area contributed by atoms with Crippen LogP contribution in [0.15, 0.2) is 52.3 Å². The Morgan fingerprint density at radius 3 is 2.25 bits per heavy atom. The largest absolute Gasteiger partial charge is 0.295 e. The van der Waals surface area contributed by atoms with E-state index in [-0.39, 0.29) is 5.78 Å². The second-order valence-corrected chi connectivity index (χ2v) is 6.55. The first-order valence-electron chi connectivity index (χ1n) is 6.55. The van der Waals surface area contributed by atoms with Gasteiger partial charge in [0, 0.05) is 15.4 Å². The Bertz CT molecular complexity index is 617. The third-order valence-corrected chi connectivity index (χ3v) is 4.62. The lowest BCUT2D eigenvalue weighted by atomic mass is 10.0. The van der Waals surface area contributed by atoms with Crippen LogP contribution < -0.4 is 0 Å². The van der Waals surface area contributed by atoms with Gasteiger partial charge in [-0.3, -0.25) is 4.79 Å². The Morgan fingerprint density at radius 1 is 1.10 bits per heavy atom. The quantitative estimate of drug-likeness (QED) is 0.662. The molecule has 0 N–H and O–H groups in total. The summed E-state index contributed by atoms with van der Waals surface area (Å²) in [7, 11) is 0. The van der Waals surface area contributed by atoms with Crippen molar-refractivity contribution in [2.24, 2.45) is 0 Å². The normalized spacial score (nSPS) is 10.8. The summed E-state index contributed by atoms with van der Waals surface area (Å²) in [5.41, 5.74) is 1.97. The van der Waals surface area contributed by atoms with Gasteiger partial charge in [-0.15, -0.1) is 0 Å². The summed E-state index contributed by atoms with van der Waals surface area (Å²) in [4.78, 5) is 13.4. The van der Waals surface area contributed by atoms with Crippen molar-refractivity contribution in [3.05, 3.63) is 58.6 Å². The van der Waals surface area contributed by atoms with Gasteiger partial charge in [0.2, 0.25) is 0 Å². The lowest BCUT2D eigenvalue weighted by Crippen LogP contribution is -1.91. The highest BCUT2D eigenvalue weighted by Gasteiger charge is 2.07. The number of halogens is 1. The monoisotopic (exact) mass is 304 g/mol. The van der Waals surface area contributed by atoms with Gasteiger partial charge in [0.25, 0.3) is 0 Å². The molecule has 0 atom stereocenters. The summed E-state index contributed by atoms with van der Waals surface area (Å²) in [6, 6.07) is 14.0. The summed E-state index contributed by atoms with van der Waals surface area (Å²) in [5.74, 6) is 0.567. The second-order valence-electron chi connectivity index (χ2n) is 5.03. The zero-order chi connectivity index (χ0) is 14.7. The number of hydrogen-bond acceptors (Lipinski definition) is 2. The van der Waals surface area contributed by atoms with Crippen LogP contribution in [-0.2, 0) is 0 Å². The average Bonchev–Trinajstić information content (AvgIpc) is 2.41. The zero-order valence-electron chi connectivity index (χ0n) is 11.8. The fourth-order valence-corrected chi connectivity index (χ4v) is 2.97. The van der Waals surface area contributed by atoms with Gasteiger partial charge in [-0.2, -0.15) is 0 Å². The van der Waals surface area contributed by atoms with Crippen molar-refractivity contribution in [3.8, 4) is 0 Å². The van der Waals surface area contributed by atoms with E-state index < -0.39 is 0 Å². The van der Waals surface area contributed by atoms with Gasteiger partial charge in [0.1, 0.15) is 0 Å². The van der Waals surface area contributed by atoms with Crippen LogP contribution in [-0.4, -0.2) is 5.78 Å². The lowest BCUT2D eigenvalue weighted by Gasteiger charge is -2.08. The molecule has 0 bridgehead atoms. The standard InChI is InChI=1S/C17H17ClOS/c1-11(2)13-4-7-15(8-5-13)20-17-9-6-14(12(3)19)10-16(17)18/h4-11H,1-3H3. The number of carbonyl (C=O) groups excluding carboxylic acids is 1. The molecule has 0 saturated heterocycles. The Labute approximate surface area is 129 Å². The molecule has 3 heteroatoms. The molecule has 0 heterocycles. The van der Waals surface area contributed by atoms with Gasteiger partial charge in [0.15, 0.2) is 5.78 Å². The van der Waals surface area contributed by atoms with Crippen LogP contribution in [0.25, 0.3) is 0 Å². The van der Waals surface area contributed by atoms with E-state index in [4.69, 9.17) is 11.6 Å². The molecule has 2 aromatic rings. The molecule has 1 nitrogen and oxygen atoms in total. The molecule has 2 aromatic carbocycles. The highest BCUT2D eigenvalue weighted by molar-refractivity contribution is 7.99. The maximum Gasteiger partial charge on any atom is 0.159 e. The first-order valence-corrected chi connectivity index (χ1v) is 7.75. The molecule has 0 radical (unpaired) electrons. The average molecular weight is 305 g/mol. The number of Topliss-reactive ketones (excluding diaryl/α,β-unsaturated/α-hetero) is 1. The van der Waals surface area contributed by atoms with Crippen LogP contribution in [0.3, 0.4) is 0 Å². The SMILES string of the molecule is CC(=O)c1ccc(Sc2ccc(C(C)C)cc2)c(Cl)c1. The lowest BCUT2D eigenvalue weighted by molar-refractivity contribution is 0.101. The number of benzene rings is 2. The molecule has 2 rings (SSSR count). The Kier molecular flexibility index (Phi) is 4.90. The summed E-state index contributed by atoms with van der Waals surface area (Å²) in [5, 5.41) is 0.621. The van der Waals surface area contributed by atoms with Crippen molar-refractivity contribution >= 4 is 29.1 Å². The summed E-state index contributed by atoms with van der Waals surface area (Å²) >= 11 is 7.84. The summed E-state index contributed by atoms with van der Waals surface area (Å²) < 4.78 is 0. The Hall–Kier alpha value is -1.25. The molecular weight excluding hydrogens is 288 g/mol. The summed E-state index contributed by atoms with van der Waals surface area (Å²) in [6.45, 7) is 5.90. The van der Waals surface area contributed by atoms with Crippen LogP contribution in [0.2, 0.25) is 5.02 Å². The van der Waals surface area contributed by atoms with Crippen molar-refractivity contribution in [2.45, 2.75) is 36.5 Å². The number of rotatable bonds is 4. The molecule has 0 aliphatic carbocycles. The highest BCUT2D eigenvalue weighted by Crippen LogP contribution is 2.34. The predicted octanol–water partition coefficient (Wildman–Crippen LogP) is 5.82. The molecule has 0 amide bonds. The van der Waals surface area contributed by atoms with E-state index in [1.54, 1.807) is 24.8 Å². The van der Waals surface area contributed by atoms with Gasteiger partial charge >= 0.3 is 0 Å². The van der Waals surface area contributed by atoms with Gasteiger partial charge < -0.3 is 0 Å². The molecule has 0 saturated carbocycles. The maximum atomic E-state index is 11.3. The Morgan fingerprint density at radius 2 is 1.75 bits per heavy atom. The fourth-order valence-electron chi connectivity index (χ4n) is 1.85. The molecule has 0 fully saturated rings. The van der Waals surface area contributed by atoms with Crippen molar-refractivity contribution in [1.29, 1.82) is 0 Å². The number of ketones is 1. The van der Waals surface area contributed by atoms with Crippen LogP contribution in [0.4, 0.5) is 0 Å². The predicted molar refractivity (Wildman–Crippen MR) is 86.1 cm³/mol. The first-order chi connectivity index (χ1) is 9.47. The first kappa shape index (κ1) is 15.1. The third kappa shape index (κ3) is 3.65. The number of hydrogen-bond donors (Lipinski definition) is 0. The van der Waals surface area contributed by atoms with Gasteiger partial charge in [-0.1, -0.05) is 55.4 Å². The van der Waals surface area contributed by atoms with Crippen molar-refractivity contribution < 1.29 is 4.79 Å². The minimum atomic E-state index is 0.0322. The maximum absolute atomic E-state index is 11.3. The zero-order valence-corrected chi connectivity index (χ0v) is 13.4. The van der Waals surface area contributed by atoms with E-state index in [0.29, 0.717) is 16.5 Å². The van der Waals surface area contributed by atoms with Crippen LogP contribution >= 0.6 is 23.4 Å². The molecule has 0 aliphatic heterocycles. The third-order valence-electron chi connectivity index (χ3n) is 3.11. The number of carbonyl (C=O) groups is 1. The van der Waals surface area contributed by atoms with E-state index in [2.05, 4.69) is 38.1 Å².